The molecule has 2 aromatic rings. The van der Waals surface area contributed by atoms with Gasteiger partial charge in [0.25, 0.3) is 0 Å². The molecular formula is C19H19FO4. The van der Waals surface area contributed by atoms with Crippen molar-refractivity contribution in [2.75, 3.05) is 13.2 Å². The standard InChI is InChI=1S/C19H19FO4/c1-2-23-15-7-8-18(20)16(10-15)12-3-5-14(6-4-12)24-11-13-9-17(13)19(21)22/h3-8,10,13,17H,2,9,11H2,1H3,(H,21,22). The molecule has 0 radical (unpaired) electrons. The zero-order valence-electron chi connectivity index (χ0n) is 13.4. The van der Waals surface area contributed by atoms with E-state index in [2.05, 4.69) is 0 Å². The van der Waals surface area contributed by atoms with E-state index in [0.29, 0.717) is 36.7 Å². The van der Waals surface area contributed by atoms with Gasteiger partial charge in [-0.1, -0.05) is 12.1 Å². The van der Waals surface area contributed by atoms with Gasteiger partial charge < -0.3 is 14.6 Å². The summed E-state index contributed by atoms with van der Waals surface area (Å²) in [6.07, 6.45) is 0.669. The Balaban J connectivity index is 1.66. The van der Waals surface area contributed by atoms with Crippen LogP contribution in [0.3, 0.4) is 0 Å². The number of aliphatic carboxylic acids is 1. The van der Waals surface area contributed by atoms with Crippen molar-refractivity contribution in [3.63, 3.8) is 0 Å². The topological polar surface area (TPSA) is 55.8 Å². The summed E-state index contributed by atoms with van der Waals surface area (Å²) >= 11 is 0. The summed E-state index contributed by atoms with van der Waals surface area (Å²) in [5.74, 6) is 0.0130. The van der Waals surface area contributed by atoms with Gasteiger partial charge in [-0.3, -0.25) is 4.79 Å². The van der Waals surface area contributed by atoms with Crippen molar-refractivity contribution in [1.29, 1.82) is 0 Å². The van der Waals surface area contributed by atoms with Gasteiger partial charge in [-0.2, -0.15) is 0 Å². The molecule has 0 aliphatic heterocycles. The second kappa shape index (κ2) is 6.91. The fourth-order valence-electron chi connectivity index (χ4n) is 2.65. The molecule has 3 rings (SSSR count). The molecule has 5 heteroatoms. The van der Waals surface area contributed by atoms with Crippen LogP contribution in [0, 0.1) is 17.7 Å². The number of carbonyl (C=O) groups is 1. The summed E-state index contributed by atoms with van der Waals surface area (Å²) in [6, 6.07) is 11.8. The number of halogens is 1. The highest BCUT2D eigenvalue weighted by Crippen LogP contribution is 2.39. The van der Waals surface area contributed by atoms with Crippen LogP contribution in [0.15, 0.2) is 42.5 Å². The summed E-state index contributed by atoms with van der Waals surface area (Å²) in [4.78, 5) is 10.8. The minimum Gasteiger partial charge on any atom is -0.494 e. The van der Waals surface area contributed by atoms with E-state index >= 15 is 0 Å². The highest BCUT2D eigenvalue weighted by molar-refractivity contribution is 5.73. The van der Waals surface area contributed by atoms with Gasteiger partial charge in [0.15, 0.2) is 0 Å². The van der Waals surface area contributed by atoms with Gasteiger partial charge in [0.2, 0.25) is 0 Å². The molecule has 1 aliphatic rings. The minimum absolute atomic E-state index is 0.0856. The van der Waals surface area contributed by atoms with Gasteiger partial charge in [0, 0.05) is 11.5 Å². The van der Waals surface area contributed by atoms with Crippen LogP contribution in [0.4, 0.5) is 4.39 Å². The lowest BCUT2D eigenvalue weighted by atomic mass is 10.0. The van der Waals surface area contributed by atoms with Crippen LogP contribution in [0.25, 0.3) is 11.1 Å². The van der Waals surface area contributed by atoms with Crippen LogP contribution in [-0.2, 0) is 4.79 Å². The van der Waals surface area contributed by atoms with Gasteiger partial charge in [0.05, 0.1) is 19.1 Å². The average Bonchev–Trinajstić information content (AvgIpc) is 3.36. The Morgan fingerprint density at radius 1 is 1.17 bits per heavy atom. The average molecular weight is 330 g/mol. The maximum Gasteiger partial charge on any atom is 0.306 e. The number of hydrogen-bond donors (Lipinski definition) is 1. The lowest BCUT2D eigenvalue weighted by molar-refractivity contribution is -0.138. The van der Waals surface area contributed by atoms with Gasteiger partial charge in [-0.05, 0) is 49.2 Å². The van der Waals surface area contributed by atoms with Crippen LogP contribution < -0.4 is 9.47 Å². The SMILES string of the molecule is CCOc1ccc(F)c(-c2ccc(OCC3CC3C(=O)O)cc2)c1. The molecule has 24 heavy (non-hydrogen) atoms. The molecule has 0 bridgehead atoms. The third kappa shape index (κ3) is 3.67. The lowest BCUT2D eigenvalue weighted by Crippen LogP contribution is -2.06. The first-order valence-corrected chi connectivity index (χ1v) is 7.97. The van der Waals surface area contributed by atoms with Crippen LogP contribution in [0.2, 0.25) is 0 Å². The van der Waals surface area contributed by atoms with Crippen molar-refractivity contribution in [3.8, 4) is 22.6 Å². The lowest BCUT2D eigenvalue weighted by Gasteiger charge is -2.09. The molecule has 1 fully saturated rings. The molecule has 126 valence electrons. The smallest absolute Gasteiger partial charge is 0.306 e. The zero-order chi connectivity index (χ0) is 17.1. The highest BCUT2D eigenvalue weighted by atomic mass is 19.1. The fraction of sp³-hybridized carbons (Fsp3) is 0.316. The first-order valence-electron chi connectivity index (χ1n) is 7.97. The zero-order valence-corrected chi connectivity index (χ0v) is 13.4. The molecule has 1 aliphatic carbocycles. The Labute approximate surface area is 139 Å². The molecule has 0 spiro atoms. The van der Waals surface area contributed by atoms with Crippen molar-refractivity contribution in [2.45, 2.75) is 13.3 Å². The van der Waals surface area contributed by atoms with E-state index in [1.165, 1.54) is 6.07 Å². The van der Waals surface area contributed by atoms with Gasteiger partial charge in [-0.25, -0.2) is 4.39 Å². The molecule has 0 heterocycles. The Hall–Kier alpha value is -2.56. The number of carboxylic acid groups (broad SMARTS) is 1. The first kappa shape index (κ1) is 16.3. The van der Waals surface area contributed by atoms with Crippen LogP contribution in [0.5, 0.6) is 11.5 Å². The molecule has 2 aromatic carbocycles. The molecule has 0 saturated heterocycles. The van der Waals surface area contributed by atoms with Crippen LogP contribution in [0.1, 0.15) is 13.3 Å². The third-order valence-electron chi connectivity index (χ3n) is 4.12. The quantitative estimate of drug-likeness (QED) is 0.834. The minimum atomic E-state index is -0.761. The van der Waals surface area contributed by atoms with E-state index in [1.54, 1.807) is 36.4 Å². The summed E-state index contributed by atoms with van der Waals surface area (Å²) in [7, 11) is 0. The number of carboxylic acids is 1. The van der Waals surface area contributed by atoms with E-state index in [1.807, 2.05) is 6.92 Å². The molecule has 0 amide bonds. The van der Waals surface area contributed by atoms with Crippen LogP contribution >= 0.6 is 0 Å². The Morgan fingerprint density at radius 2 is 1.88 bits per heavy atom. The largest absolute Gasteiger partial charge is 0.494 e. The summed E-state index contributed by atoms with van der Waals surface area (Å²) in [5.41, 5.74) is 1.21. The van der Waals surface area contributed by atoms with E-state index in [4.69, 9.17) is 14.6 Å². The highest BCUT2D eigenvalue weighted by Gasteiger charge is 2.43. The predicted molar refractivity (Wildman–Crippen MR) is 87.7 cm³/mol. The van der Waals surface area contributed by atoms with E-state index in [0.717, 1.165) is 5.56 Å². The van der Waals surface area contributed by atoms with E-state index in [9.17, 15) is 9.18 Å². The Morgan fingerprint density at radius 3 is 2.50 bits per heavy atom. The third-order valence-corrected chi connectivity index (χ3v) is 4.12. The molecule has 1 saturated carbocycles. The Kier molecular flexibility index (Phi) is 4.69. The second-order valence-electron chi connectivity index (χ2n) is 5.85. The van der Waals surface area contributed by atoms with Gasteiger partial charge in [0.1, 0.15) is 17.3 Å². The number of ether oxygens (including phenoxy) is 2. The monoisotopic (exact) mass is 330 g/mol. The van der Waals surface area contributed by atoms with Gasteiger partial charge >= 0.3 is 5.97 Å². The van der Waals surface area contributed by atoms with E-state index in [-0.39, 0.29) is 17.7 Å². The molecule has 0 aromatic heterocycles. The van der Waals surface area contributed by atoms with Gasteiger partial charge in [-0.15, -0.1) is 0 Å². The van der Waals surface area contributed by atoms with E-state index < -0.39 is 5.97 Å². The summed E-state index contributed by atoms with van der Waals surface area (Å²) in [6.45, 7) is 2.80. The second-order valence-corrected chi connectivity index (χ2v) is 5.85. The first-order chi connectivity index (χ1) is 11.6. The molecule has 4 nitrogen and oxygen atoms in total. The van der Waals surface area contributed by atoms with Crippen LogP contribution in [-0.4, -0.2) is 24.3 Å². The maximum atomic E-state index is 14.0. The summed E-state index contributed by atoms with van der Waals surface area (Å²) < 4.78 is 25.1. The van der Waals surface area contributed by atoms with Crippen molar-refractivity contribution in [2.24, 2.45) is 11.8 Å². The van der Waals surface area contributed by atoms with Crippen molar-refractivity contribution in [3.05, 3.63) is 48.3 Å². The molecule has 2 atom stereocenters. The predicted octanol–water partition coefficient (Wildman–Crippen LogP) is 3.99. The Bertz CT molecular complexity index is 727. The summed E-state index contributed by atoms with van der Waals surface area (Å²) in [5, 5.41) is 8.87. The molecule has 1 N–H and O–H groups in total. The number of hydrogen-bond acceptors (Lipinski definition) is 3. The number of rotatable bonds is 7. The number of benzene rings is 2. The normalized spacial score (nSPS) is 18.9. The fourth-order valence-corrected chi connectivity index (χ4v) is 2.65. The molecular weight excluding hydrogens is 311 g/mol. The molecule has 2 unspecified atom stereocenters. The van der Waals surface area contributed by atoms with Crippen molar-refractivity contribution in [1.82, 2.24) is 0 Å². The van der Waals surface area contributed by atoms with Crippen molar-refractivity contribution >= 4 is 5.97 Å². The maximum absolute atomic E-state index is 14.0. The van der Waals surface area contributed by atoms with Crippen molar-refractivity contribution < 1.29 is 23.8 Å².